The van der Waals surface area contributed by atoms with E-state index in [1.807, 2.05) is 13.0 Å². The minimum Gasteiger partial charge on any atom is -0.496 e. The van der Waals surface area contributed by atoms with E-state index in [0.29, 0.717) is 12.0 Å². The molecule has 0 radical (unpaired) electrons. The quantitative estimate of drug-likeness (QED) is 0.340. The first-order valence-corrected chi connectivity index (χ1v) is 14.7. The number of aliphatic hydroxyl groups is 2. The highest BCUT2D eigenvalue weighted by molar-refractivity contribution is 5.85. The van der Waals surface area contributed by atoms with Crippen LogP contribution in [-0.4, -0.2) is 62.8 Å². The Morgan fingerprint density at radius 3 is 2.26 bits per heavy atom. The summed E-state index contributed by atoms with van der Waals surface area (Å²) in [4.78, 5) is 24.0. The monoisotopic (exact) mass is 591 g/mol. The first-order valence-electron chi connectivity index (χ1n) is 14.7. The van der Waals surface area contributed by atoms with Crippen molar-refractivity contribution < 1.29 is 29.3 Å². The number of likely N-dealkylation sites (N-methyl/N-ethyl adjacent to an activating group) is 1. The largest absolute Gasteiger partial charge is 0.496 e. The number of anilines is 1. The minimum absolute atomic E-state index is 0.477. The van der Waals surface area contributed by atoms with E-state index < -0.39 is 5.60 Å². The zero-order valence-electron chi connectivity index (χ0n) is 27.3. The lowest BCUT2D eigenvalue weighted by Gasteiger charge is -2.24. The average molecular weight is 592 g/mol. The van der Waals surface area contributed by atoms with Crippen LogP contribution < -0.4 is 14.4 Å². The third-order valence-electron chi connectivity index (χ3n) is 7.36. The molecule has 0 aliphatic carbocycles. The summed E-state index contributed by atoms with van der Waals surface area (Å²) >= 11 is 0. The van der Waals surface area contributed by atoms with Gasteiger partial charge in [-0.25, -0.2) is 0 Å². The number of aldehydes is 2. The molecule has 0 bridgehead atoms. The number of ether oxygens (including phenoxy) is 2. The lowest BCUT2D eigenvalue weighted by atomic mass is 9.84. The van der Waals surface area contributed by atoms with Crippen molar-refractivity contribution >= 4 is 18.3 Å². The van der Waals surface area contributed by atoms with Crippen LogP contribution in [0.2, 0.25) is 0 Å². The van der Waals surface area contributed by atoms with Crippen LogP contribution in [0.5, 0.6) is 11.5 Å². The lowest BCUT2D eigenvalue weighted by Crippen LogP contribution is -2.13. The Morgan fingerprint density at radius 2 is 1.65 bits per heavy atom. The summed E-state index contributed by atoms with van der Waals surface area (Å²) in [5, 5.41) is 15.5. The third kappa shape index (κ3) is 9.40. The molecule has 2 N–H and O–H groups in total. The number of fused-ring (bicyclic) bond motifs is 2. The van der Waals surface area contributed by atoms with Crippen molar-refractivity contribution in [2.75, 3.05) is 39.3 Å². The van der Waals surface area contributed by atoms with Crippen LogP contribution in [-0.2, 0) is 24.1 Å². The lowest BCUT2D eigenvalue weighted by molar-refractivity contribution is -0.107. The molecule has 43 heavy (non-hydrogen) atoms. The maximum Gasteiger partial charge on any atom is 0.150 e. The summed E-state index contributed by atoms with van der Waals surface area (Å²) in [6.45, 7) is 13.4. The number of carbonyl (C=O) groups is 2. The molecule has 2 heterocycles. The van der Waals surface area contributed by atoms with Crippen molar-refractivity contribution in [3.05, 3.63) is 75.3 Å². The van der Waals surface area contributed by atoms with Crippen molar-refractivity contribution in [1.82, 2.24) is 0 Å². The predicted molar refractivity (Wildman–Crippen MR) is 175 cm³/mol. The molecule has 2 aliphatic heterocycles. The number of aryl methyl sites for hydroxylation is 2. The molecule has 0 saturated heterocycles. The predicted octanol–water partition coefficient (Wildman–Crippen LogP) is 6.23. The van der Waals surface area contributed by atoms with E-state index in [1.54, 1.807) is 40.0 Å². The second-order valence-corrected chi connectivity index (χ2v) is 11.8. The third-order valence-corrected chi connectivity index (χ3v) is 7.36. The summed E-state index contributed by atoms with van der Waals surface area (Å²) in [5.74, 6) is 1.79. The first-order chi connectivity index (χ1) is 20.4. The van der Waals surface area contributed by atoms with Crippen molar-refractivity contribution in [3.8, 4) is 22.6 Å². The second kappa shape index (κ2) is 16.2. The second-order valence-electron chi connectivity index (χ2n) is 11.8. The summed E-state index contributed by atoms with van der Waals surface area (Å²) in [6.07, 6.45) is 5.51. The molecule has 0 unspecified atom stereocenters. The van der Waals surface area contributed by atoms with Gasteiger partial charge in [0.25, 0.3) is 0 Å². The zero-order valence-corrected chi connectivity index (χ0v) is 27.3. The van der Waals surface area contributed by atoms with Crippen LogP contribution in [0.4, 0.5) is 5.69 Å². The minimum atomic E-state index is -0.500. The highest BCUT2D eigenvalue weighted by Crippen LogP contribution is 2.43. The molecule has 2 aliphatic rings. The van der Waals surface area contributed by atoms with Gasteiger partial charge in [0.15, 0.2) is 0 Å². The fourth-order valence-corrected chi connectivity index (χ4v) is 5.34. The maximum atomic E-state index is 11.4. The Labute approximate surface area is 257 Å². The van der Waals surface area contributed by atoms with Crippen LogP contribution in [0.25, 0.3) is 11.1 Å². The average Bonchev–Trinajstić information content (AvgIpc) is 3.34. The van der Waals surface area contributed by atoms with Crippen LogP contribution in [0.15, 0.2) is 36.4 Å². The van der Waals surface area contributed by atoms with Gasteiger partial charge in [0, 0.05) is 38.4 Å². The van der Waals surface area contributed by atoms with E-state index in [4.69, 9.17) is 19.7 Å². The molecule has 0 saturated carbocycles. The van der Waals surface area contributed by atoms with Crippen LogP contribution >= 0.6 is 0 Å². The van der Waals surface area contributed by atoms with Gasteiger partial charge in [-0.05, 0) is 124 Å². The first kappa shape index (κ1) is 35.5. The van der Waals surface area contributed by atoms with Gasteiger partial charge in [-0.15, -0.1) is 0 Å². The number of benzene rings is 3. The van der Waals surface area contributed by atoms with E-state index in [2.05, 4.69) is 44.0 Å². The summed E-state index contributed by atoms with van der Waals surface area (Å²) in [7, 11) is 4.75. The van der Waals surface area contributed by atoms with E-state index in [9.17, 15) is 9.59 Å². The van der Waals surface area contributed by atoms with E-state index in [-0.39, 0.29) is 0 Å². The standard InChI is InChI=1S/C22H25NO2.C9H10O2.C4H10O.CH4O/c1-14-13-20-19(8-10-23(20)3)22(16(14)9-11-24)18-6-7-21-17(15(18)2)5-4-12-25-21;1-7-3-4-8(6-10)5-9(7)11-2;1-4(2,3)5;1-2/h6-7,11,13H,4-5,8-10,12H2,1-3H3;3-6H,1-2H3;5H,1-3H3;2H,1H3. The number of methoxy groups -OCH3 is 1. The molecular formula is C36H49NO6. The number of nitrogens with zero attached hydrogens (tertiary/aromatic N) is 1. The molecule has 0 atom stereocenters. The summed E-state index contributed by atoms with van der Waals surface area (Å²) in [6, 6.07) is 11.9. The van der Waals surface area contributed by atoms with Crippen molar-refractivity contribution in [1.29, 1.82) is 0 Å². The van der Waals surface area contributed by atoms with Crippen LogP contribution in [0.1, 0.15) is 70.9 Å². The number of carbonyl (C=O) groups excluding carboxylic acids is 2. The molecule has 0 fully saturated rings. The zero-order chi connectivity index (χ0) is 32.3. The Morgan fingerprint density at radius 1 is 0.977 bits per heavy atom. The molecule has 0 aromatic heterocycles. The number of hydrogen-bond acceptors (Lipinski definition) is 7. The molecule has 3 aromatic carbocycles. The highest BCUT2D eigenvalue weighted by Gasteiger charge is 2.26. The molecule has 0 amide bonds. The van der Waals surface area contributed by atoms with Gasteiger partial charge in [-0.1, -0.05) is 18.2 Å². The van der Waals surface area contributed by atoms with Crippen molar-refractivity contribution in [2.45, 2.75) is 72.8 Å². The normalized spacial score (nSPS) is 13.0. The number of rotatable bonds is 5. The van der Waals surface area contributed by atoms with Gasteiger partial charge in [-0.3, -0.25) is 4.79 Å². The molecule has 7 heteroatoms. The molecular weight excluding hydrogens is 542 g/mol. The summed E-state index contributed by atoms with van der Waals surface area (Å²) in [5.41, 5.74) is 11.5. The Kier molecular flexibility index (Phi) is 13.4. The molecule has 234 valence electrons. The smallest absolute Gasteiger partial charge is 0.150 e. The van der Waals surface area contributed by atoms with Crippen LogP contribution in [0.3, 0.4) is 0 Å². The van der Waals surface area contributed by atoms with Gasteiger partial charge in [-0.2, -0.15) is 0 Å². The maximum absolute atomic E-state index is 11.4. The molecule has 0 spiro atoms. The van der Waals surface area contributed by atoms with Gasteiger partial charge < -0.3 is 29.4 Å². The van der Waals surface area contributed by atoms with Gasteiger partial charge >= 0.3 is 0 Å². The fourth-order valence-electron chi connectivity index (χ4n) is 5.34. The van der Waals surface area contributed by atoms with Gasteiger partial charge in [0.2, 0.25) is 0 Å². The Balaban J connectivity index is 0.000000298. The van der Waals surface area contributed by atoms with Gasteiger partial charge in [0.05, 0.1) is 19.3 Å². The van der Waals surface area contributed by atoms with Gasteiger partial charge in [0.1, 0.15) is 24.1 Å². The SMILES string of the molecule is CC(C)(C)O.CO.COc1cc(C=O)ccc1C.Cc1cc2c(c(-c3ccc4c(c3C)CCCO4)c1CC=O)CCN2C. The number of hydrogen-bond donors (Lipinski definition) is 2. The fraction of sp³-hybridized carbons (Fsp3) is 0.444. The Hall–Kier alpha value is -3.68. The van der Waals surface area contributed by atoms with Crippen molar-refractivity contribution in [3.63, 3.8) is 0 Å². The molecule has 5 rings (SSSR count). The molecule has 7 nitrogen and oxygen atoms in total. The molecule has 3 aromatic rings. The van der Waals surface area contributed by atoms with E-state index in [1.165, 1.54) is 44.6 Å². The Bertz CT molecular complexity index is 1380. The highest BCUT2D eigenvalue weighted by atomic mass is 16.5. The number of aliphatic hydroxyl groups excluding tert-OH is 1. The van der Waals surface area contributed by atoms with Crippen molar-refractivity contribution in [2.24, 2.45) is 0 Å². The summed E-state index contributed by atoms with van der Waals surface area (Å²) < 4.78 is 10.9. The van der Waals surface area contributed by atoms with E-state index in [0.717, 1.165) is 69.2 Å². The van der Waals surface area contributed by atoms with E-state index >= 15 is 0 Å². The topological polar surface area (TPSA) is 96.3 Å². The van der Waals surface area contributed by atoms with Crippen LogP contribution in [0, 0.1) is 20.8 Å².